The number of nitrogens with zero attached hydrogens (tertiary/aromatic N) is 1. The second-order valence-electron chi connectivity index (χ2n) is 35.4. The molecule has 4 aromatic rings. The molecule has 1 atom stereocenters. The Kier molecular flexibility index (Phi) is 31.8. The van der Waals surface area contributed by atoms with Gasteiger partial charge in [-0.3, -0.25) is 4.99 Å². The SMILES string of the molecule is CC(C)(C)Cc1ccc(C(C)(C)C)cc1.CC(C)(C)Cc1cccc(C(C)(C)C)c1.CC(C)(C)Cc1ccccc1C(C)(C)C.CC(C)C1=CC(C(C)C)=NC1.CC(C)CC1(C(C)(C)C)CCCC1.CC(C)CCC(c1ccccc1)C(C)C. The molecule has 0 radical (unpaired) electrons. The van der Waals surface area contributed by atoms with Crippen LogP contribution in [0.1, 0.15) is 304 Å². The van der Waals surface area contributed by atoms with Crippen molar-refractivity contribution in [3.8, 4) is 0 Å². The highest BCUT2D eigenvalue weighted by atomic mass is 14.8. The van der Waals surface area contributed by atoms with Gasteiger partial charge in [0.2, 0.25) is 0 Å². The molecule has 1 heteroatoms. The first-order chi connectivity index (χ1) is 38.2. The van der Waals surface area contributed by atoms with Crippen molar-refractivity contribution >= 4 is 5.71 Å². The van der Waals surface area contributed by atoms with Gasteiger partial charge < -0.3 is 0 Å². The van der Waals surface area contributed by atoms with Crippen LogP contribution in [0.2, 0.25) is 0 Å². The lowest BCUT2D eigenvalue weighted by Crippen LogP contribution is -2.34. The molecule has 0 spiro atoms. The minimum absolute atomic E-state index is 0.252. The maximum Gasteiger partial charge on any atom is 0.0609 e. The molecule has 1 nitrogen and oxygen atoms in total. The fourth-order valence-electron chi connectivity index (χ4n) is 11.8. The van der Waals surface area contributed by atoms with Gasteiger partial charge in [0.25, 0.3) is 0 Å². The zero-order valence-corrected chi connectivity index (χ0v) is 61.6. The fraction of sp³-hybridized carbons (Fsp3) is 0.675. The minimum Gasteiger partial charge on any atom is -0.285 e. The summed E-state index contributed by atoms with van der Waals surface area (Å²) in [7, 11) is 0. The molecular formula is C83H139N. The summed E-state index contributed by atoms with van der Waals surface area (Å²) in [6.07, 6.45) is 15.6. The number of hydrogen-bond donors (Lipinski definition) is 0. The van der Waals surface area contributed by atoms with Gasteiger partial charge in [-0.1, -0.05) is 337 Å². The molecule has 0 aromatic heterocycles. The molecule has 1 fully saturated rings. The van der Waals surface area contributed by atoms with Crippen LogP contribution in [0.5, 0.6) is 0 Å². The van der Waals surface area contributed by atoms with E-state index in [1.807, 2.05) is 0 Å². The van der Waals surface area contributed by atoms with Gasteiger partial charge in [0, 0.05) is 5.71 Å². The summed E-state index contributed by atoms with van der Waals surface area (Å²) < 4.78 is 0. The summed E-state index contributed by atoms with van der Waals surface area (Å²) in [5.74, 6) is 4.40. The van der Waals surface area contributed by atoms with Crippen molar-refractivity contribution in [2.45, 2.75) is 301 Å². The van der Waals surface area contributed by atoms with Crippen LogP contribution >= 0.6 is 0 Å². The third-order valence-corrected chi connectivity index (χ3v) is 16.8. The second kappa shape index (κ2) is 34.2. The van der Waals surface area contributed by atoms with Crippen molar-refractivity contribution in [3.63, 3.8) is 0 Å². The lowest BCUT2D eigenvalue weighted by atomic mass is 9.62. The largest absolute Gasteiger partial charge is 0.285 e. The molecule has 0 bridgehead atoms. The van der Waals surface area contributed by atoms with E-state index in [0.717, 1.165) is 49.5 Å². The number of aliphatic imine (C=N–C) groups is 1. The molecular weight excluding hydrogens is 1010 g/mol. The molecule has 1 heterocycles. The molecule has 2 aliphatic rings. The highest BCUT2D eigenvalue weighted by Gasteiger charge is 2.43. The van der Waals surface area contributed by atoms with Gasteiger partial charge >= 0.3 is 0 Å². The summed E-state index contributed by atoms with van der Waals surface area (Å²) >= 11 is 0. The van der Waals surface area contributed by atoms with Gasteiger partial charge in [-0.25, -0.2) is 0 Å². The summed E-state index contributed by atoms with van der Waals surface area (Å²) in [4.78, 5) is 4.46. The lowest BCUT2D eigenvalue weighted by molar-refractivity contribution is 0.0662. The second-order valence-corrected chi connectivity index (χ2v) is 35.4. The van der Waals surface area contributed by atoms with E-state index in [2.05, 4.69) is 329 Å². The van der Waals surface area contributed by atoms with Crippen molar-refractivity contribution in [3.05, 3.63) is 154 Å². The molecule has 476 valence electrons. The minimum atomic E-state index is 0.252. The first-order valence-electron chi connectivity index (χ1n) is 33.7. The van der Waals surface area contributed by atoms with E-state index in [0.29, 0.717) is 38.9 Å². The smallest absolute Gasteiger partial charge is 0.0609 e. The van der Waals surface area contributed by atoms with Gasteiger partial charge in [-0.05, 0) is 174 Å². The third-order valence-electron chi connectivity index (χ3n) is 16.8. The predicted octanol–water partition coefficient (Wildman–Crippen LogP) is 25.9. The van der Waals surface area contributed by atoms with Gasteiger partial charge in [0.1, 0.15) is 0 Å². The summed E-state index contributed by atoms with van der Waals surface area (Å²) in [5, 5.41) is 0. The summed E-state index contributed by atoms with van der Waals surface area (Å²) in [6.45, 7) is 72.1. The van der Waals surface area contributed by atoms with E-state index in [4.69, 9.17) is 0 Å². The van der Waals surface area contributed by atoms with E-state index >= 15 is 0 Å². The molecule has 4 aromatic carbocycles. The average molecular weight is 1150 g/mol. The van der Waals surface area contributed by atoms with Crippen molar-refractivity contribution in [2.24, 2.45) is 61.7 Å². The fourth-order valence-corrected chi connectivity index (χ4v) is 11.8. The topological polar surface area (TPSA) is 12.4 Å². The van der Waals surface area contributed by atoms with Gasteiger partial charge in [0.15, 0.2) is 0 Å². The lowest BCUT2D eigenvalue weighted by Gasteiger charge is -2.43. The highest BCUT2D eigenvalue weighted by Crippen LogP contribution is 2.54. The predicted molar refractivity (Wildman–Crippen MR) is 383 cm³/mol. The number of rotatable bonds is 12. The first-order valence-corrected chi connectivity index (χ1v) is 33.7. The van der Waals surface area contributed by atoms with E-state index in [1.54, 1.807) is 0 Å². The Morgan fingerprint density at radius 1 is 0.440 bits per heavy atom. The molecule has 1 unspecified atom stereocenters. The Labute approximate surface area is 525 Å². The van der Waals surface area contributed by atoms with Crippen LogP contribution < -0.4 is 0 Å². The molecule has 6 rings (SSSR count). The standard InChI is InChI=1S/4C15H24.C13H26.C10H17N/c1-14(2,3)11-12-7-9-13(10-8-12)15(4,5)6;1-14(2,3)11-12-8-7-9-13(10-12)15(4,5)6;1-14(2,3)11-12-9-7-8-10-13(12)15(4,5)6;1-12(2)10-11-15(13(3)4)14-8-6-5-7-9-14;1-11(2)10-13(12(3,4)5)8-6-7-9-13;1-7(2)9-5-10(8(3)4)11-6-9/h3*7-10H,11H2,1-6H3;5-9,12-13,15H,10-11H2,1-4H3;11H,6-10H2,1-5H3;5,7-8H,6H2,1-4H3. The molecule has 84 heavy (non-hydrogen) atoms. The summed E-state index contributed by atoms with van der Waals surface area (Å²) in [6, 6.07) is 37.8. The Hall–Kier alpha value is -3.71. The Morgan fingerprint density at radius 3 is 1.32 bits per heavy atom. The van der Waals surface area contributed by atoms with Crippen molar-refractivity contribution in [2.75, 3.05) is 6.54 Å². The Bertz CT molecular complexity index is 2460. The molecule has 1 aliphatic carbocycles. The zero-order chi connectivity index (χ0) is 64.9. The first kappa shape index (κ1) is 78.3. The van der Waals surface area contributed by atoms with E-state index in [-0.39, 0.29) is 16.2 Å². The monoisotopic (exact) mass is 1150 g/mol. The van der Waals surface area contributed by atoms with Crippen LogP contribution in [0.15, 0.2) is 120 Å². The third kappa shape index (κ3) is 31.8. The normalized spacial score (nSPS) is 15.1. The van der Waals surface area contributed by atoms with Crippen molar-refractivity contribution in [1.29, 1.82) is 0 Å². The quantitative estimate of drug-likeness (QED) is 0.134. The zero-order valence-electron chi connectivity index (χ0n) is 61.6. The summed E-state index contributed by atoms with van der Waals surface area (Å²) in [5.41, 5.74) is 16.0. The van der Waals surface area contributed by atoms with Crippen LogP contribution in [-0.2, 0) is 35.5 Å². The number of allylic oxidation sites excluding steroid dienone is 1. The van der Waals surface area contributed by atoms with Crippen LogP contribution in [0, 0.1) is 56.7 Å². The Balaban J connectivity index is 0.000000505. The number of benzene rings is 4. The van der Waals surface area contributed by atoms with E-state index < -0.39 is 0 Å². The van der Waals surface area contributed by atoms with Crippen LogP contribution in [0.25, 0.3) is 0 Å². The van der Waals surface area contributed by atoms with Crippen LogP contribution in [-0.4, -0.2) is 12.3 Å². The molecule has 1 saturated carbocycles. The van der Waals surface area contributed by atoms with Crippen molar-refractivity contribution in [1.82, 2.24) is 0 Å². The van der Waals surface area contributed by atoms with E-state index in [1.165, 1.54) is 95.2 Å². The van der Waals surface area contributed by atoms with Crippen LogP contribution in [0.3, 0.4) is 0 Å². The molecule has 0 saturated heterocycles. The number of hydrogen-bond acceptors (Lipinski definition) is 1. The Morgan fingerprint density at radius 2 is 0.929 bits per heavy atom. The van der Waals surface area contributed by atoms with Gasteiger partial charge in [-0.15, -0.1) is 0 Å². The van der Waals surface area contributed by atoms with Crippen LogP contribution in [0.4, 0.5) is 0 Å². The molecule has 1 aliphatic heterocycles. The maximum atomic E-state index is 4.46. The molecule has 0 N–H and O–H groups in total. The average Bonchev–Trinajstić information content (AvgIpc) is 4.20. The maximum absolute atomic E-state index is 4.46. The highest BCUT2D eigenvalue weighted by molar-refractivity contribution is 5.98. The van der Waals surface area contributed by atoms with Crippen molar-refractivity contribution < 1.29 is 0 Å². The van der Waals surface area contributed by atoms with E-state index in [9.17, 15) is 0 Å². The van der Waals surface area contributed by atoms with Gasteiger partial charge in [0.05, 0.1) is 6.54 Å². The van der Waals surface area contributed by atoms with Gasteiger partial charge in [-0.2, -0.15) is 0 Å². The molecule has 0 amide bonds.